The van der Waals surface area contributed by atoms with Gasteiger partial charge in [-0.05, 0) is 43.2 Å². The molecule has 26 heavy (non-hydrogen) atoms. The van der Waals surface area contributed by atoms with Gasteiger partial charge in [-0.2, -0.15) is 0 Å². The van der Waals surface area contributed by atoms with Crippen LogP contribution in [0.3, 0.4) is 0 Å². The highest BCUT2D eigenvalue weighted by atomic mass is 16.5. The van der Waals surface area contributed by atoms with E-state index in [-0.39, 0.29) is 12.0 Å². The number of ether oxygens (including phenoxy) is 2. The number of amides is 1. The molecule has 1 aliphatic heterocycles. The van der Waals surface area contributed by atoms with Crippen LogP contribution in [0.1, 0.15) is 29.1 Å². The van der Waals surface area contributed by atoms with E-state index in [1.54, 1.807) is 18.3 Å². The number of H-pyrrole nitrogens is 1. The third-order valence-electron chi connectivity index (χ3n) is 4.72. The van der Waals surface area contributed by atoms with Gasteiger partial charge in [0.15, 0.2) is 0 Å². The molecule has 0 aliphatic carbocycles. The van der Waals surface area contributed by atoms with Gasteiger partial charge in [-0.15, -0.1) is 0 Å². The molecular weight excluding hydrogens is 332 g/mol. The van der Waals surface area contributed by atoms with E-state index < -0.39 is 0 Å². The number of carbonyl (C=O) groups excluding carboxylic acids is 1. The molecule has 136 valence electrons. The molecule has 4 rings (SSSR count). The number of carbonyl (C=O) groups is 1. The molecule has 1 aromatic carbocycles. The van der Waals surface area contributed by atoms with Gasteiger partial charge in [0.1, 0.15) is 17.2 Å². The zero-order chi connectivity index (χ0) is 17.9. The zero-order valence-electron chi connectivity index (χ0n) is 14.7. The maximum Gasteiger partial charge on any atom is 0.270 e. The first-order valence-corrected chi connectivity index (χ1v) is 8.83. The Morgan fingerprint density at radius 2 is 2.27 bits per heavy atom. The number of fused-ring (bicyclic) bond motifs is 1. The molecule has 1 unspecified atom stereocenters. The van der Waals surface area contributed by atoms with Crippen LogP contribution in [0.25, 0.3) is 10.9 Å². The van der Waals surface area contributed by atoms with Crippen LogP contribution < -0.4 is 4.74 Å². The standard InChI is InChI=1S/C20H22N2O4/c1-24-15-7-6-14-10-19(21-18(14)11-15)20(23)22(12-16-4-2-8-25-16)13-17-5-3-9-26-17/h2,4,6-8,10-11,17,21H,3,5,9,12-13H2,1H3. The summed E-state index contributed by atoms with van der Waals surface area (Å²) in [4.78, 5) is 18.2. The summed E-state index contributed by atoms with van der Waals surface area (Å²) in [6.45, 7) is 1.74. The minimum absolute atomic E-state index is 0.0629. The molecule has 0 spiro atoms. The second-order valence-corrected chi connectivity index (χ2v) is 6.54. The summed E-state index contributed by atoms with van der Waals surface area (Å²) in [5.41, 5.74) is 1.43. The fourth-order valence-corrected chi connectivity index (χ4v) is 3.36. The second-order valence-electron chi connectivity index (χ2n) is 6.54. The number of aromatic nitrogens is 1. The molecule has 1 atom stereocenters. The SMILES string of the molecule is COc1ccc2cc(C(=O)N(Cc3ccco3)CC3CCCO3)[nH]c2c1. The number of hydrogen-bond donors (Lipinski definition) is 1. The summed E-state index contributed by atoms with van der Waals surface area (Å²) < 4.78 is 16.4. The van der Waals surface area contributed by atoms with Gasteiger partial charge in [0.05, 0.1) is 26.0 Å². The van der Waals surface area contributed by atoms with Gasteiger partial charge >= 0.3 is 0 Å². The number of methoxy groups -OCH3 is 1. The Hall–Kier alpha value is -2.73. The lowest BCUT2D eigenvalue weighted by molar-refractivity contribution is 0.0488. The number of nitrogens with one attached hydrogen (secondary N) is 1. The van der Waals surface area contributed by atoms with Gasteiger partial charge < -0.3 is 23.8 Å². The molecule has 0 radical (unpaired) electrons. The van der Waals surface area contributed by atoms with Gasteiger partial charge in [0, 0.05) is 30.1 Å². The fraction of sp³-hybridized carbons (Fsp3) is 0.350. The Labute approximate surface area is 151 Å². The average Bonchev–Trinajstić information content (AvgIpc) is 3.41. The van der Waals surface area contributed by atoms with E-state index in [4.69, 9.17) is 13.9 Å². The Balaban J connectivity index is 1.59. The molecule has 3 aromatic rings. The van der Waals surface area contributed by atoms with Crippen LogP contribution in [0.5, 0.6) is 5.75 Å². The predicted octanol–water partition coefficient (Wildman–Crippen LogP) is 3.59. The van der Waals surface area contributed by atoms with Gasteiger partial charge in [-0.3, -0.25) is 4.79 Å². The Morgan fingerprint density at radius 1 is 1.35 bits per heavy atom. The topological polar surface area (TPSA) is 67.7 Å². The predicted molar refractivity (Wildman–Crippen MR) is 97.3 cm³/mol. The van der Waals surface area contributed by atoms with Crippen molar-refractivity contribution in [2.45, 2.75) is 25.5 Å². The molecule has 1 amide bonds. The summed E-state index contributed by atoms with van der Waals surface area (Å²) in [6, 6.07) is 11.3. The monoisotopic (exact) mass is 354 g/mol. The molecule has 2 aromatic heterocycles. The Kier molecular flexibility index (Phi) is 4.67. The Bertz CT molecular complexity index is 878. The maximum atomic E-state index is 13.1. The van der Waals surface area contributed by atoms with E-state index in [1.807, 2.05) is 36.4 Å². The van der Waals surface area contributed by atoms with Gasteiger partial charge in [0.2, 0.25) is 0 Å². The van der Waals surface area contributed by atoms with Crippen LogP contribution >= 0.6 is 0 Å². The van der Waals surface area contributed by atoms with Crippen LogP contribution in [-0.4, -0.2) is 42.2 Å². The summed E-state index contributed by atoms with van der Waals surface area (Å²) in [7, 11) is 1.63. The van der Waals surface area contributed by atoms with Crippen LogP contribution in [0.15, 0.2) is 47.1 Å². The van der Waals surface area contributed by atoms with Gasteiger partial charge in [0.25, 0.3) is 5.91 Å². The molecule has 1 N–H and O–H groups in total. The molecule has 1 saturated heterocycles. The third-order valence-corrected chi connectivity index (χ3v) is 4.72. The van der Waals surface area contributed by atoms with Crippen molar-refractivity contribution >= 4 is 16.8 Å². The minimum atomic E-state index is -0.0629. The van der Waals surface area contributed by atoms with Crippen LogP contribution in [-0.2, 0) is 11.3 Å². The fourth-order valence-electron chi connectivity index (χ4n) is 3.36. The normalized spacial score (nSPS) is 16.9. The summed E-state index contributed by atoms with van der Waals surface area (Å²) in [6.07, 6.45) is 3.73. The maximum absolute atomic E-state index is 13.1. The molecule has 3 heterocycles. The van der Waals surface area contributed by atoms with Crippen molar-refractivity contribution in [3.63, 3.8) is 0 Å². The lowest BCUT2D eigenvalue weighted by Gasteiger charge is -2.24. The van der Waals surface area contributed by atoms with E-state index in [9.17, 15) is 4.79 Å². The number of hydrogen-bond acceptors (Lipinski definition) is 4. The number of rotatable bonds is 6. The molecule has 0 bridgehead atoms. The average molecular weight is 354 g/mol. The van der Waals surface area contributed by atoms with Crippen LogP contribution in [0.4, 0.5) is 0 Å². The van der Waals surface area contributed by atoms with Crippen molar-refractivity contribution in [3.05, 3.63) is 54.1 Å². The highest BCUT2D eigenvalue weighted by molar-refractivity contribution is 5.98. The van der Waals surface area contributed by atoms with E-state index in [2.05, 4.69) is 4.98 Å². The smallest absolute Gasteiger partial charge is 0.270 e. The molecule has 1 aliphatic rings. The van der Waals surface area contributed by atoms with Crippen LogP contribution in [0.2, 0.25) is 0 Å². The lowest BCUT2D eigenvalue weighted by Crippen LogP contribution is -2.37. The first-order valence-electron chi connectivity index (χ1n) is 8.83. The molecule has 6 heteroatoms. The zero-order valence-corrected chi connectivity index (χ0v) is 14.7. The van der Waals surface area contributed by atoms with E-state index in [0.29, 0.717) is 18.8 Å². The molecule has 1 fully saturated rings. The quantitative estimate of drug-likeness (QED) is 0.734. The van der Waals surface area contributed by atoms with Crippen molar-refractivity contribution in [2.75, 3.05) is 20.3 Å². The third kappa shape index (κ3) is 3.46. The van der Waals surface area contributed by atoms with Crippen molar-refractivity contribution in [3.8, 4) is 5.75 Å². The molecule has 6 nitrogen and oxygen atoms in total. The number of aromatic amines is 1. The summed E-state index contributed by atoms with van der Waals surface area (Å²) >= 11 is 0. The first kappa shape index (κ1) is 16.7. The molecule has 0 saturated carbocycles. The summed E-state index contributed by atoms with van der Waals surface area (Å²) in [5, 5.41) is 0.976. The summed E-state index contributed by atoms with van der Waals surface area (Å²) in [5.74, 6) is 1.45. The van der Waals surface area contributed by atoms with Crippen molar-refractivity contribution < 1.29 is 18.7 Å². The second kappa shape index (κ2) is 7.25. The van der Waals surface area contributed by atoms with Gasteiger partial charge in [-0.25, -0.2) is 0 Å². The first-order chi connectivity index (χ1) is 12.7. The number of nitrogens with zero attached hydrogens (tertiary/aromatic N) is 1. The highest BCUT2D eigenvalue weighted by Crippen LogP contribution is 2.23. The van der Waals surface area contributed by atoms with Crippen LogP contribution in [0, 0.1) is 0 Å². The number of benzene rings is 1. The van der Waals surface area contributed by atoms with E-state index in [1.165, 1.54) is 0 Å². The highest BCUT2D eigenvalue weighted by Gasteiger charge is 2.25. The lowest BCUT2D eigenvalue weighted by atomic mass is 10.2. The number of furan rings is 1. The Morgan fingerprint density at radius 3 is 3.00 bits per heavy atom. The van der Waals surface area contributed by atoms with Crippen molar-refractivity contribution in [2.24, 2.45) is 0 Å². The van der Waals surface area contributed by atoms with Crippen molar-refractivity contribution in [1.82, 2.24) is 9.88 Å². The van der Waals surface area contributed by atoms with Gasteiger partial charge in [-0.1, -0.05) is 0 Å². The molecular formula is C20H22N2O4. The largest absolute Gasteiger partial charge is 0.497 e. The van der Waals surface area contributed by atoms with Crippen molar-refractivity contribution in [1.29, 1.82) is 0 Å². The minimum Gasteiger partial charge on any atom is -0.497 e. The van der Waals surface area contributed by atoms with E-state index >= 15 is 0 Å². The van der Waals surface area contributed by atoms with E-state index in [0.717, 1.165) is 41.9 Å².